The summed E-state index contributed by atoms with van der Waals surface area (Å²) in [5.41, 5.74) is 4.92. The van der Waals surface area contributed by atoms with E-state index in [-0.39, 0.29) is 6.10 Å². The van der Waals surface area contributed by atoms with Crippen molar-refractivity contribution < 1.29 is 4.74 Å². The summed E-state index contributed by atoms with van der Waals surface area (Å²) in [4.78, 5) is 19.9. The van der Waals surface area contributed by atoms with Crippen molar-refractivity contribution in [2.24, 2.45) is 0 Å². The van der Waals surface area contributed by atoms with Gasteiger partial charge in [0.1, 0.15) is 11.9 Å². The Bertz CT molecular complexity index is 1280. The molecule has 8 heteroatoms. The summed E-state index contributed by atoms with van der Waals surface area (Å²) >= 11 is 0. The fourth-order valence-corrected chi connectivity index (χ4v) is 4.77. The minimum Gasteiger partial charge on any atom is -0.472 e. The number of benzene rings is 1. The number of rotatable bonds is 5. The van der Waals surface area contributed by atoms with Crippen LogP contribution in [0, 0.1) is 0 Å². The molecule has 0 spiro atoms. The Balaban J connectivity index is 1.31. The van der Waals surface area contributed by atoms with E-state index in [1.165, 1.54) is 0 Å². The monoisotopic (exact) mass is 455 g/mol. The Morgan fingerprint density at radius 1 is 0.941 bits per heavy atom. The van der Waals surface area contributed by atoms with Crippen molar-refractivity contribution >= 4 is 16.7 Å². The van der Waals surface area contributed by atoms with Gasteiger partial charge in [0.05, 0.1) is 23.8 Å². The molecular formula is C26H29N7O. The van der Waals surface area contributed by atoms with E-state index in [9.17, 15) is 0 Å². The van der Waals surface area contributed by atoms with Crippen molar-refractivity contribution in [2.75, 3.05) is 44.2 Å². The Morgan fingerprint density at radius 2 is 1.88 bits per heavy atom. The fraction of sp³-hybridized carbons (Fsp3) is 0.346. The lowest BCUT2D eigenvalue weighted by molar-refractivity contribution is 0.160. The second-order valence-corrected chi connectivity index (χ2v) is 8.91. The first-order valence-electron chi connectivity index (χ1n) is 12.1. The molecule has 3 aromatic heterocycles. The number of fused-ring (bicyclic) bond motifs is 1. The Labute approximate surface area is 198 Å². The van der Waals surface area contributed by atoms with Gasteiger partial charge < -0.3 is 25.3 Å². The van der Waals surface area contributed by atoms with E-state index in [4.69, 9.17) is 14.7 Å². The van der Waals surface area contributed by atoms with Crippen molar-refractivity contribution in [1.82, 2.24) is 30.6 Å². The van der Waals surface area contributed by atoms with Crippen LogP contribution in [0.15, 0.2) is 55.0 Å². The lowest BCUT2D eigenvalue weighted by Crippen LogP contribution is -2.43. The number of hydrogen-bond acceptors (Lipinski definition) is 7. The molecule has 1 unspecified atom stereocenters. The van der Waals surface area contributed by atoms with Crippen LogP contribution in [-0.4, -0.2) is 65.3 Å². The highest BCUT2D eigenvalue weighted by molar-refractivity contribution is 5.97. The Morgan fingerprint density at radius 3 is 2.76 bits per heavy atom. The van der Waals surface area contributed by atoms with Gasteiger partial charge in [-0.2, -0.15) is 0 Å². The molecule has 4 aromatic rings. The molecule has 2 aliphatic rings. The molecule has 2 fully saturated rings. The van der Waals surface area contributed by atoms with Crippen molar-refractivity contribution in [3.8, 4) is 28.4 Å². The molecule has 5 heterocycles. The zero-order chi connectivity index (χ0) is 22.7. The number of piperidine rings is 1. The maximum absolute atomic E-state index is 6.10. The highest BCUT2D eigenvalue weighted by Gasteiger charge is 2.17. The third-order valence-corrected chi connectivity index (χ3v) is 6.58. The maximum atomic E-state index is 6.10. The number of piperazine rings is 1. The van der Waals surface area contributed by atoms with Crippen molar-refractivity contribution in [3.05, 3.63) is 55.0 Å². The van der Waals surface area contributed by atoms with E-state index in [0.29, 0.717) is 5.88 Å². The lowest BCUT2D eigenvalue weighted by atomic mass is 10.0. The number of aromatic amines is 1. The molecule has 174 valence electrons. The van der Waals surface area contributed by atoms with Crippen LogP contribution in [0.4, 0.5) is 5.82 Å². The second kappa shape index (κ2) is 9.40. The average Bonchev–Trinajstić information content (AvgIpc) is 3.33. The van der Waals surface area contributed by atoms with Gasteiger partial charge in [0, 0.05) is 61.0 Å². The highest BCUT2D eigenvalue weighted by atomic mass is 16.5. The third-order valence-electron chi connectivity index (χ3n) is 6.58. The van der Waals surface area contributed by atoms with E-state index in [1.54, 1.807) is 12.4 Å². The normalized spacial score (nSPS) is 18.8. The summed E-state index contributed by atoms with van der Waals surface area (Å²) in [5, 5.41) is 7.87. The molecule has 2 saturated heterocycles. The second-order valence-electron chi connectivity index (χ2n) is 8.91. The topological polar surface area (TPSA) is 91.0 Å². The summed E-state index contributed by atoms with van der Waals surface area (Å²) in [6.45, 7) is 5.84. The van der Waals surface area contributed by atoms with E-state index in [0.717, 1.165) is 91.3 Å². The number of H-pyrrole nitrogens is 1. The minimum atomic E-state index is 0.141. The number of nitrogens with one attached hydrogen (secondary N) is 3. The quantitative estimate of drug-likeness (QED) is 0.426. The van der Waals surface area contributed by atoms with Crippen LogP contribution in [-0.2, 0) is 0 Å². The molecule has 1 aromatic carbocycles. The summed E-state index contributed by atoms with van der Waals surface area (Å²) < 4.78 is 6.10. The van der Waals surface area contributed by atoms with Crippen molar-refractivity contribution in [3.63, 3.8) is 0 Å². The van der Waals surface area contributed by atoms with Gasteiger partial charge >= 0.3 is 0 Å². The van der Waals surface area contributed by atoms with Crippen molar-refractivity contribution in [2.45, 2.75) is 18.9 Å². The zero-order valence-corrected chi connectivity index (χ0v) is 19.1. The fourth-order valence-electron chi connectivity index (χ4n) is 4.77. The molecular weight excluding hydrogens is 426 g/mol. The number of nitrogens with zero attached hydrogens (tertiary/aromatic N) is 4. The van der Waals surface area contributed by atoms with Gasteiger partial charge in [-0.1, -0.05) is 12.1 Å². The van der Waals surface area contributed by atoms with Crippen LogP contribution in [0.5, 0.6) is 5.88 Å². The number of aromatic nitrogens is 4. The van der Waals surface area contributed by atoms with Gasteiger partial charge in [-0.15, -0.1) is 0 Å². The molecule has 0 bridgehead atoms. The zero-order valence-electron chi connectivity index (χ0n) is 19.1. The summed E-state index contributed by atoms with van der Waals surface area (Å²) in [5.74, 6) is 1.60. The van der Waals surface area contributed by atoms with Crippen LogP contribution >= 0.6 is 0 Å². The van der Waals surface area contributed by atoms with Gasteiger partial charge in [0.25, 0.3) is 0 Å². The number of anilines is 1. The molecule has 2 aliphatic heterocycles. The van der Waals surface area contributed by atoms with E-state index >= 15 is 0 Å². The average molecular weight is 456 g/mol. The molecule has 1 atom stereocenters. The van der Waals surface area contributed by atoms with Crippen LogP contribution in [0.1, 0.15) is 12.8 Å². The van der Waals surface area contributed by atoms with E-state index < -0.39 is 0 Å². The first-order valence-corrected chi connectivity index (χ1v) is 12.1. The number of ether oxygens (including phenoxy) is 1. The molecule has 0 aliphatic carbocycles. The molecule has 0 radical (unpaired) electrons. The molecule has 0 saturated carbocycles. The van der Waals surface area contributed by atoms with Crippen LogP contribution < -0.4 is 20.3 Å². The summed E-state index contributed by atoms with van der Waals surface area (Å²) in [7, 11) is 0. The molecule has 0 amide bonds. The van der Waals surface area contributed by atoms with Gasteiger partial charge in [0.15, 0.2) is 0 Å². The predicted molar refractivity (Wildman–Crippen MR) is 134 cm³/mol. The van der Waals surface area contributed by atoms with Gasteiger partial charge in [-0.25, -0.2) is 9.97 Å². The van der Waals surface area contributed by atoms with Crippen LogP contribution in [0.3, 0.4) is 0 Å². The molecule has 8 nitrogen and oxygen atoms in total. The van der Waals surface area contributed by atoms with Crippen molar-refractivity contribution in [1.29, 1.82) is 0 Å². The highest BCUT2D eigenvalue weighted by Crippen LogP contribution is 2.32. The molecule has 6 rings (SSSR count). The largest absolute Gasteiger partial charge is 0.472 e. The van der Waals surface area contributed by atoms with E-state index in [2.05, 4.69) is 61.9 Å². The minimum absolute atomic E-state index is 0.141. The van der Waals surface area contributed by atoms with Crippen LogP contribution in [0.2, 0.25) is 0 Å². The van der Waals surface area contributed by atoms with Gasteiger partial charge in [0.2, 0.25) is 5.88 Å². The summed E-state index contributed by atoms with van der Waals surface area (Å²) in [6, 6.07) is 12.7. The smallest absolute Gasteiger partial charge is 0.233 e. The van der Waals surface area contributed by atoms with E-state index in [1.807, 2.05) is 6.20 Å². The maximum Gasteiger partial charge on any atom is 0.233 e. The van der Waals surface area contributed by atoms with Crippen LogP contribution in [0.25, 0.3) is 33.4 Å². The van der Waals surface area contributed by atoms with Gasteiger partial charge in [-0.3, -0.25) is 4.98 Å². The standard InChI is InChI=1S/C26H29N7O/c1-4-22(31-25(5-1)33-11-9-27-10-12-33)18-6-7-23-20(13-18)21(15-30-23)24-16-29-17-26(32-24)34-19-3-2-8-28-14-19/h1,4-7,13,15-17,19,27-28,30H,2-3,8-12,14H2. The SMILES string of the molecule is c1cc(-c2ccc3[nH]cc(-c4cncc(OC5CCCNC5)n4)c3c2)nc(N2CCNCC2)c1. The number of hydrogen-bond donors (Lipinski definition) is 3. The summed E-state index contributed by atoms with van der Waals surface area (Å²) in [6.07, 6.45) is 7.79. The predicted octanol–water partition coefficient (Wildman–Crippen LogP) is 3.23. The Hall–Kier alpha value is -3.49. The Kier molecular flexibility index (Phi) is 5.83. The van der Waals surface area contributed by atoms with Gasteiger partial charge in [-0.05, 0) is 43.7 Å². The first kappa shape index (κ1) is 21.1. The first-order chi connectivity index (χ1) is 16.8. The lowest BCUT2D eigenvalue weighted by Gasteiger charge is -2.28. The number of pyridine rings is 1. The third kappa shape index (κ3) is 4.34. The molecule has 34 heavy (non-hydrogen) atoms. The molecule has 3 N–H and O–H groups in total.